The molecular weight excluding hydrogens is 390 g/mol. The topological polar surface area (TPSA) is 104 Å². The van der Waals surface area contributed by atoms with Crippen molar-refractivity contribution in [1.82, 2.24) is 10.0 Å². The highest BCUT2D eigenvalue weighted by molar-refractivity contribution is 7.89. The maximum absolute atomic E-state index is 12.7. The van der Waals surface area contributed by atoms with Crippen molar-refractivity contribution in [1.29, 1.82) is 0 Å². The molecule has 29 heavy (non-hydrogen) atoms. The van der Waals surface area contributed by atoms with E-state index in [2.05, 4.69) is 15.4 Å². The van der Waals surface area contributed by atoms with E-state index < -0.39 is 15.9 Å². The van der Waals surface area contributed by atoms with Crippen molar-refractivity contribution in [2.45, 2.75) is 43.5 Å². The summed E-state index contributed by atoms with van der Waals surface area (Å²) in [5.74, 6) is -0.627. The molecule has 0 radical (unpaired) electrons. The van der Waals surface area contributed by atoms with Crippen molar-refractivity contribution in [3.05, 3.63) is 59.2 Å². The normalized spacial score (nSPS) is 14.6. The number of sulfonamides is 1. The second-order valence-corrected chi connectivity index (χ2v) is 8.91. The number of rotatable bonds is 6. The lowest BCUT2D eigenvalue weighted by Crippen LogP contribution is -2.32. The van der Waals surface area contributed by atoms with Gasteiger partial charge in [-0.05, 0) is 61.7 Å². The third-order valence-corrected chi connectivity index (χ3v) is 6.57. The summed E-state index contributed by atoms with van der Waals surface area (Å²) in [4.78, 5) is 24.4. The molecule has 0 bridgehead atoms. The predicted octanol–water partition coefficient (Wildman–Crippen LogP) is 2.83. The summed E-state index contributed by atoms with van der Waals surface area (Å²) in [6.45, 7) is 1.79. The van der Waals surface area contributed by atoms with Gasteiger partial charge in [-0.3, -0.25) is 9.59 Å². The highest BCUT2D eigenvalue weighted by Crippen LogP contribution is 2.22. The molecule has 1 saturated carbocycles. The van der Waals surface area contributed by atoms with E-state index in [0.717, 1.165) is 31.2 Å². The van der Waals surface area contributed by atoms with Crippen molar-refractivity contribution < 1.29 is 18.0 Å². The Morgan fingerprint density at radius 1 is 0.966 bits per heavy atom. The molecule has 1 fully saturated rings. The number of hydrogen-bond acceptors (Lipinski definition) is 4. The average Bonchev–Trinajstić information content (AvgIpc) is 3.21. The second kappa shape index (κ2) is 8.75. The van der Waals surface area contributed by atoms with Gasteiger partial charge in [0.1, 0.15) is 0 Å². The fourth-order valence-corrected chi connectivity index (χ4v) is 4.77. The van der Waals surface area contributed by atoms with E-state index in [1.165, 1.54) is 12.1 Å². The first-order valence-electron chi connectivity index (χ1n) is 9.56. The highest BCUT2D eigenvalue weighted by atomic mass is 32.2. The van der Waals surface area contributed by atoms with Crippen LogP contribution in [0.1, 0.15) is 52.0 Å². The zero-order chi connectivity index (χ0) is 21.0. The molecule has 1 aliphatic rings. The van der Waals surface area contributed by atoms with Gasteiger partial charge in [0.15, 0.2) is 0 Å². The van der Waals surface area contributed by atoms with Crippen LogP contribution in [0.4, 0.5) is 5.69 Å². The molecule has 2 amide bonds. The van der Waals surface area contributed by atoms with Crippen LogP contribution in [0.25, 0.3) is 0 Å². The molecule has 0 atom stereocenters. The molecular formula is C21H25N3O4S. The fourth-order valence-electron chi connectivity index (χ4n) is 3.42. The molecule has 0 heterocycles. The summed E-state index contributed by atoms with van der Waals surface area (Å²) in [6, 6.07) is 10.9. The van der Waals surface area contributed by atoms with Gasteiger partial charge in [-0.1, -0.05) is 18.9 Å². The summed E-state index contributed by atoms with van der Waals surface area (Å²) in [6.07, 6.45) is 3.72. The van der Waals surface area contributed by atoms with Gasteiger partial charge in [0.05, 0.1) is 4.90 Å². The van der Waals surface area contributed by atoms with Crippen LogP contribution in [0.3, 0.4) is 0 Å². The van der Waals surface area contributed by atoms with Gasteiger partial charge in [0, 0.05) is 29.9 Å². The molecule has 1 aliphatic carbocycles. The SMILES string of the molecule is CNC(=O)c1ccc(NC(=O)c2cccc(S(=O)(=O)NC3CCCC3)c2)c(C)c1. The Balaban J connectivity index is 1.76. The number of aryl methyl sites for hydroxylation is 1. The van der Waals surface area contributed by atoms with E-state index in [0.29, 0.717) is 11.3 Å². The number of anilines is 1. The Bertz CT molecular complexity index is 1030. The first kappa shape index (κ1) is 21.0. The molecule has 0 aromatic heterocycles. The number of nitrogens with one attached hydrogen (secondary N) is 3. The molecule has 0 aliphatic heterocycles. The Hall–Kier alpha value is -2.71. The number of benzene rings is 2. The van der Waals surface area contributed by atoms with E-state index >= 15 is 0 Å². The molecule has 0 spiro atoms. The van der Waals surface area contributed by atoms with Crippen LogP contribution in [0.2, 0.25) is 0 Å². The van der Waals surface area contributed by atoms with Crippen molar-refractivity contribution in [2.24, 2.45) is 0 Å². The van der Waals surface area contributed by atoms with E-state index in [1.54, 1.807) is 44.3 Å². The molecule has 8 heteroatoms. The van der Waals surface area contributed by atoms with Crippen molar-refractivity contribution in [3.8, 4) is 0 Å². The van der Waals surface area contributed by atoms with Crippen LogP contribution in [-0.2, 0) is 10.0 Å². The highest BCUT2D eigenvalue weighted by Gasteiger charge is 2.23. The maximum Gasteiger partial charge on any atom is 0.255 e. The van der Waals surface area contributed by atoms with Gasteiger partial charge in [0.2, 0.25) is 10.0 Å². The van der Waals surface area contributed by atoms with Gasteiger partial charge in [0.25, 0.3) is 11.8 Å². The Morgan fingerprint density at radius 2 is 1.66 bits per heavy atom. The third-order valence-electron chi connectivity index (χ3n) is 5.05. The second-order valence-electron chi connectivity index (χ2n) is 7.19. The van der Waals surface area contributed by atoms with E-state index in [1.807, 2.05) is 0 Å². The standard InChI is InChI=1S/C21H25N3O4S/c1-14-12-16(20(25)22-2)10-11-19(14)23-21(26)15-6-5-9-18(13-15)29(27,28)24-17-7-3-4-8-17/h5-6,9-13,17,24H,3-4,7-8H2,1-2H3,(H,22,25)(H,23,26). The molecule has 3 N–H and O–H groups in total. The molecule has 2 aromatic carbocycles. The minimum absolute atomic E-state index is 0.0426. The zero-order valence-electron chi connectivity index (χ0n) is 16.5. The number of hydrogen-bond donors (Lipinski definition) is 3. The Morgan fingerprint density at radius 3 is 2.31 bits per heavy atom. The summed E-state index contributed by atoms with van der Waals surface area (Å²) in [5, 5.41) is 5.33. The molecule has 7 nitrogen and oxygen atoms in total. The van der Waals surface area contributed by atoms with Crippen molar-refractivity contribution in [2.75, 3.05) is 12.4 Å². The fraction of sp³-hybridized carbons (Fsp3) is 0.333. The van der Waals surface area contributed by atoms with Gasteiger partial charge in [-0.2, -0.15) is 0 Å². The predicted molar refractivity (Wildman–Crippen MR) is 112 cm³/mol. The van der Waals surface area contributed by atoms with Gasteiger partial charge < -0.3 is 10.6 Å². The molecule has 0 unspecified atom stereocenters. The van der Waals surface area contributed by atoms with Crippen LogP contribution >= 0.6 is 0 Å². The van der Waals surface area contributed by atoms with Crippen LogP contribution in [0.15, 0.2) is 47.4 Å². The average molecular weight is 416 g/mol. The van der Waals surface area contributed by atoms with Crippen LogP contribution in [0, 0.1) is 6.92 Å². The minimum Gasteiger partial charge on any atom is -0.355 e. The van der Waals surface area contributed by atoms with Crippen LogP contribution in [-0.4, -0.2) is 33.3 Å². The number of carbonyl (C=O) groups excluding carboxylic acids is 2. The van der Waals surface area contributed by atoms with Gasteiger partial charge in [-0.25, -0.2) is 13.1 Å². The van der Waals surface area contributed by atoms with E-state index in [-0.39, 0.29) is 22.4 Å². The Kier molecular flexibility index (Phi) is 6.34. The zero-order valence-corrected chi connectivity index (χ0v) is 17.3. The van der Waals surface area contributed by atoms with Crippen LogP contribution < -0.4 is 15.4 Å². The van der Waals surface area contributed by atoms with Gasteiger partial charge in [-0.15, -0.1) is 0 Å². The Labute approximate surface area is 171 Å². The number of amides is 2. The van der Waals surface area contributed by atoms with E-state index in [9.17, 15) is 18.0 Å². The van der Waals surface area contributed by atoms with Crippen molar-refractivity contribution >= 4 is 27.5 Å². The summed E-state index contributed by atoms with van der Waals surface area (Å²) in [7, 11) is -2.12. The van der Waals surface area contributed by atoms with E-state index in [4.69, 9.17) is 0 Å². The molecule has 2 aromatic rings. The monoisotopic (exact) mass is 415 g/mol. The molecule has 3 rings (SSSR count). The molecule has 0 saturated heterocycles. The number of carbonyl (C=O) groups is 2. The largest absolute Gasteiger partial charge is 0.355 e. The summed E-state index contributed by atoms with van der Waals surface area (Å²) < 4.78 is 28.0. The maximum atomic E-state index is 12.7. The third kappa shape index (κ3) is 5.02. The lowest BCUT2D eigenvalue weighted by atomic mass is 10.1. The first-order chi connectivity index (χ1) is 13.8. The van der Waals surface area contributed by atoms with Crippen LogP contribution in [0.5, 0.6) is 0 Å². The minimum atomic E-state index is -3.67. The molecule has 154 valence electrons. The van der Waals surface area contributed by atoms with Gasteiger partial charge >= 0.3 is 0 Å². The quantitative estimate of drug-likeness (QED) is 0.675. The smallest absolute Gasteiger partial charge is 0.255 e. The lowest BCUT2D eigenvalue weighted by molar-refractivity contribution is 0.0962. The van der Waals surface area contributed by atoms with Crippen molar-refractivity contribution in [3.63, 3.8) is 0 Å². The summed E-state index contributed by atoms with van der Waals surface area (Å²) >= 11 is 0. The summed E-state index contributed by atoms with van der Waals surface area (Å²) in [5.41, 5.74) is 2.02. The first-order valence-corrected chi connectivity index (χ1v) is 11.0. The lowest BCUT2D eigenvalue weighted by Gasteiger charge is -2.14.